The third-order valence-electron chi connectivity index (χ3n) is 7.00. The van der Waals surface area contributed by atoms with E-state index in [2.05, 4.69) is 16.4 Å². The molecule has 37 heavy (non-hydrogen) atoms. The van der Waals surface area contributed by atoms with Gasteiger partial charge in [0.1, 0.15) is 18.5 Å². The van der Waals surface area contributed by atoms with Crippen molar-refractivity contribution in [2.45, 2.75) is 51.7 Å². The van der Waals surface area contributed by atoms with E-state index < -0.39 is 11.9 Å². The highest BCUT2D eigenvalue weighted by molar-refractivity contribution is 5.95. The van der Waals surface area contributed by atoms with Gasteiger partial charge in [-0.2, -0.15) is 5.26 Å². The van der Waals surface area contributed by atoms with Crippen LogP contribution in [0.25, 0.3) is 0 Å². The second kappa shape index (κ2) is 10.4. The first-order valence-electron chi connectivity index (χ1n) is 12.4. The number of pyridine rings is 1. The molecule has 0 amide bonds. The smallest absolute Gasteiger partial charge is 0.337 e. The molecule has 0 saturated heterocycles. The molecule has 2 heterocycles. The maximum atomic E-state index is 13.7. The Morgan fingerprint density at radius 3 is 2.62 bits per heavy atom. The number of carbonyl (C=O) groups is 1. The molecular weight excluding hydrogens is 466 g/mol. The summed E-state index contributed by atoms with van der Waals surface area (Å²) in [4.78, 5) is 18.4. The number of allylic oxidation sites excluding steroid dienone is 1. The monoisotopic (exact) mass is 495 g/mol. The normalized spacial score (nSPS) is 16.6. The van der Waals surface area contributed by atoms with Crippen LogP contribution in [0.2, 0.25) is 0 Å². The van der Waals surface area contributed by atoms with Gasteiger partial charge in [-0.05, 0) is 56.4 Å². The average Bonchev–Trinajstić information content (AvgIpc) is 2.90. The number of rotatable bonds is 7. The quantitative estimate of drug-likeness (QED) is 0.416. The molecule has 0 spiro atoms. The van der Waals surface area contributed by atoms with Gasteiger partial charge >= 0.3 is 5.97 Å². The number of hydrogen-bond donors (Lipinski definition) is 1. The number of fused-ring (bicyclic) bond motifs is 1. The fourth-order valence-corrected chi connectivity index (χ4v) is 4.80. The summed E-state index contributed by atoms with van der Waals surface area (Å²) >= 11 is 0. The topological polar surface area (TPSA) is 93.5 Å². The maximum absolute atomic E-state index is 13.7. The Bertz CT molecular complexity index is 1400. The molecule has 1 aromatic heterocycles. The highest BCUT2D eigenvalue weighted by atomic mass is 16.5. The molecule has 1 saturated carbocycles. The van der Waals surface area contributed by atoms with Gasteiger partial charge in [-0.25, -0.2) is 9.78 Å². The summed E-state index contributed by atoms with van der Waals surface area (Å²) in [6.07, 6.45) is 4.97. The molecule has 2 aliphatic rings. The van der Waals surface area contributed by atoms with Crippen LogP contribution in [-0.4, -0.2) is 24.2 Å². The Labute approximate surface area is 216 Å². The number of carbonyl (C=O) groups excluding carboxylic acids is 1. The van der Waals surface area contributed by atoms with Crippen LogP contribution in [0.15, 0.2) is 66.0 Å². The number of nitriles is 1. The molecule has 0 radical (unpaired) electrons. The van der Waals surface area contributed by atoms with E-state index in [9.17, 15) is 10.1 Å². The van der Waals surface area contributed by atoms with Gasteiger partial charge in [0.15, 0.2) is 0 Å². The number of nitrogens with one attached hydrogen (secondary N) is 1. The van der Waals surface area contributed by atoms with Gasteiger partial charge in [0.05, 0.1) is 41.5 Å². The fraction of sp³-hybridized carbons (Fsp3) is 0.300. The minimum absolute atomic E-state index is 0.100. The minimum atomic E-state index is -0.565. The molecule has 1 atom stereocenters. The highest BCUT2D eigenvalue weighted by Crippen LogP contribution is 2.49. The van der Waals surface area contributed by atoms with Crippen molar-refractivity contribution in [2.75, 3.05) is 12.4 Å². The number of nitrogens with zero attached hydrogens (tertiary/aromatic N) is 2. The zero-order valence-electron chi connectivity index (χ0n) is 21.2. The van der Waals surface area contributed by atoms with Gasteiger partial charge in [0.25, 0.3) is 0 Å². The molecule has 1 aliphatic heterocycles. The van der Waals surface area contributed by atoms with Gasteiger partial charge in [0, 0.05) is 17.5 Å². The summed E-state index contributed by atoms with van der Waals surface area (Å²) in [5.41, 5.74) is 5.81. The molecule has 1 aliphatic carbocycles. The molecule has 7 heteroatoms. The number of ether oxygens (including phenoxy) is 3. The van der Waals surface area contributed by atoms with E-state index in [1.165, 1.54) is 0 Å². The van der Waals surface area contributed by atoms with Gasteiger partial charge in [-0.15, -0.1) is 0 Å². The molecular formula is C30H29N3O4. The maximum Gasteiger partial charge on any atom is 0.337 e. The Kier molecular flexibility index (Phi) is 6.82. The number of anilines is 1. The molecule has 1 unspecified atom stereocenters. The molecule has 1 N–H and O–H groups in total. The number of benzene rings is 2. The van der Waals surface area contributed by atoms with E-state index in [4.69, 9.17) is 14.2 Å². The molecule has 3 aromatic rings. The van der Waals surface area contributed by atoms with Gasteiger partial charge in [-0.1, -0.05) is 36.4 Å². The minimum Gasteiger partial charge on any atom is -0.496 e. The number of esters is 1. The van der Waals surface area contributed by atoms with Crippen LogP contribution in [0.3, 0.4) is 0 Å². The lowest BCUT2D eigenvalue weighted by atomic mass is 9.79. The van der Waals surface area contributed by atoms with Crippen LogP contribution in [0, 0.1) is 18.3 Å². The predicted molar refractivity (Wildman–Crippen MR) is 139 cm³/mol. The second-order valence-corrected chi connectivity index (χ2v) is 9.43. The number of hydrogen-bond acceptors (Lipinski definition) is 7. The van der Waals surface area contributed by atoms with Crippen molar-refractivity contribution in [2.24, 2.45) is 0 Å². The van der Waals surface area contributed by atoms with E-state index in [1.807, 2.05) is 50.2 Å². The Hall–Kier alpha value is -4.31. The third kappa shape index (κ3) is 4.75. The first-order valence-corrected chi connectivity index (χ1v) is 12.4. The van der Waals surface area contributed by atoms with Crippen LogP contribution in [-0.2, 0) is 16.1 Å². The highest BCUT2D eigenvalue weighted by Gasteiger charge is 2.39. The number of aryl methyl sites for hydroxylation is 1. The predicted octanol–water partition coefficient (Wildman–Crippen LogP) is 5.78. The van der Waals surface area contributed by atoms with Gasteiger partial charge < -0.3 is 19.5 Å². The summed E-state index contributed by atoms with van der Waals surface area (Å²) in [5.74, 6) is 0.000871. The largest absolute Gasteiger partial charge is 0.496 e. The lowest BCUT2D eigenvalue weighted by molar-refractivity contribution is -0.140. The van der Waals surface area contributed by atoms with Crippen molar-refractivity contribution in [3.05, 3.63) is 93.8 Å². The summed E-state index contributed by atoms with van der Waals surface area (Å²) in [6.45, 7) is 4.00. The second-order valence-electron chi connectivity index (χ2n) is 9.43. The number of methoxy groups -OCH3 is 1. The van der Waals surface area contributed by atoms with Crippen LogP contribution < -0.4 is 14.8 Å². The Morgan fingerprint density at radius 2 is 1.95 bits per heavy atom. The summed E-state index contributed by atoms with van der Waals surface area (Å²) in [6, 6.07) is 17.0. The van der Waals surface area contributed by atoms with Crippen LogP contribution in [0.1, 0.15) is 59.9 Å². The van der Waals surface area contributed by atoms with E-state index in [0.717, 1.165) is 47.2 Å². The molecule has 5 rings (SSSR count). The summed E-state index contributed by atoms with van der Waals surface area (Å²) < 4.78 is 17.9. The lowest BCUT2D eigenvalue weighted by Crippen LogP contribution is -2.29. The van der Waals surface area contributed by atoms with Crippen molar-refractivity contribution in [3.8, 4) is 17.7 Å². The van der Waals surface area contributed by atoms with E-state index >= 15 is 0 Å². The Balaban J connectivity index is 1.64. The third-order valence-corrected chi connectivity index (χ3v) is 7.00. The van der Waals surface area contributed by atoms with Crippen molar-refractivity contribution in [3.63, 3.8) is 0 Å². The SMILES string of the molecule is COc1cc(C#N)ccc1C1C(C(=O)OCc2ccccc2)=C(C)Nc2c(C)cnc(OC3CCC3)c21. The number of aromatic nitrogens is 1. The van der Waals surface area contributed by atoms with Crippen LogP contribution in [0.5, 0.6) is 11.6 Å². The zero-order chi connectivity index (χ0) is 25.9. The van der Waals surface area contributed by atoms with E-state index in [1.54, 1.807) is 25.4 Å². The van der Waals surface area contributed by atoms with Crippen LogP contribution >= 0.6 is 0 Å². The fourth-order valence-electron chi connectivity index (χ4n) is 4.80. The Morgan fingerprint density at radius 1 is 1.16 bits per heavy atom. The standard InChI is InChI=1S/C30H29N3O4/c1-18-16-32-29(37-22-10-7-11-22)27-26(23-13-12-21(15-31)14-24(23)35-3)25(19(2)33-28(18)27)30(34)36-17-20-8-5-4-6-9-20/h4-6,8-9,12-14,16,22,26,33H,7,10-11,17H2,1-3H3. The van der Waals surface area contributed by atoms with E-state index in [0.29, 0.717) is 28.5 Å². The van der Waals surface area contributed by atoms with E-state index in [-0.39, 0.29) is 12.7 Å². The van der Waals surface area contributed by atoms with Crippen molar-refractivity contribution >= 4 is 11.7 Å². The summed E-state index contributed by atoms with van der Waals surface area (Å²) in [5, 5.41) is 12.9. The lowest BCUT2D eigenvalue weighted by Gasteiger charge is -2.34. The van der Waals surface area contributed by atoms with Crippen molar-refractivity contribution in [1.29, 1.82) is 5.26 Å². The first-order chi connectivity index (χ1) is 18.0. The molecule has 7 nitrogen and oxygen atoms in total. The summed E-state index contributed by atoms with van der Waals surface area (Å²) in [7, 11) is 1.56. The average molecular weight is 496 g/mol. The first kappa shape index (κ1) is 24.4. The van der Waals surface area contributed by atoms with Gasteiger partial charge in [-0.3, -0.25) is 0 Å². The molecule has 0 bridgehead atoms. The van der Waals surface area contributed by atoms with Crippen LogP contribution in [0.4, 0.5) is 5.69 Å². The van der Waals surface area contributed by atoms with Gasteiger partial charge in [0.2, 0.25) is 5.88 Å². The molecule has 2 aromatic carbocycles. The molecule has 188 valence electrons. The van der Waals surface area contributed by atoms with Crippen molar-refractivity contribution < 1.29 is 19.0 Å². The van der Waals surface area contributed by atoms with Crippen molar-refractivity contribution in [1.82, 2.24) is 4.98 Å². The zero-order valence-corrected chi connectivity index (χ0v) is 21.2. The molecule has 1 fully saturated rings.